The fraction of sp³-hybridized carbons (Fsp3) is 0.471. The van der Waals surface area contributed by atoms with Crippen LogP contribution in [0.25, 0.3) is 0 Å². The van der Waals surface area contributed by atoms with Gasteiger partial charge in [0, 0.05) is 17.3 Å². The second kappa shape index (κ2) is 6.39. The van der Waals surface area contributed by atoms with Gasteiger partial charge in [0.25, 0.3) is 0 Å². The van der Waals surface area contributed by atoms with E-state index in [4.69, 9.17) is 0 Å². The molecule has 0 radical (unpaired) electrons. The third kappa shape index (κ3) is 3.16. The highest BCUT2D eigenvalue weighted by Crippen LogP contribution is 2.29. The summed E-state index contributed by atoms with van der Waals surface area (Å²) in [6.45, 7) is 3.96. The van der Waals surface area contributed by atoms with E-state index in [0.717, 1.165) is 31.5 Å². The molecule has 0 fully saturated rings. The highest BCUT2D eigenvalue weighted by atomic mass is 19.1. The minimum absolute atomic E-state index is 0.190. The van der Waals surface area contributed by atoms with Gasteiger partial charge in [-0.15, -0.1) is 0 Å². The summed E-state index contributed by atoms with van der Waals surface area (Å²) in [5, 5.41) is 8.17. The van der Waals surface area contributed by atoms with Gasteiger partial charge < -0.3 is 5.32 Å². The van der Waals surface area contributed by atoms with E-state index in [1.54, 1.807) is 0 Å². The van der Waals surface area contributed by atoms with E-state index in [2.05, 4.69) is 22.0 Å². The molecule has 0 bridgehead atoms. The van der Waals surface area contributed by atoms with Crippen molar-refractivity contribution in [3.63, 3.8) is 0 Å². The van der Waals surface area contributed by atoms with Crippen LogP contribution in [0.4, 0.5) is 4.39 Å². The lowest BCUT2D eigenvalue weighted by Gasteiger charge is -2.24. The zero-order valence-corrected chi connectivity index (χ0v) is 12.5. The molecular weight excluding hydrogens is 265 g/mol. The lowest BCUT2D eigenvalue weighted by Crippen LogP contribution is -2.26. The highest BCUT2D eigenvalue weighted by Gasteiger charge is 2.23. The van der Waals surface area contributed by atoms with Gasteiger partial charge in [0.05, 0.1) is 12.7 Å². The van der Waals surface area contributed by atoms with Crippen LogP contribution in [0.5, 0.6) is 0 Å². The van der Waals surface area contributed by atoms with Crippen molar-refractivity contribution in [2.24, 2.45) is 0 Å². The van der Waals surface area contributed by atoms with Crippen molar-refractivity contribution in [3.8, 4) is 0 Å². The second-order valence-electron chi connectivity index (χ2n) is 5.73. The van der Waals surface area contributed by atoms with Gasteiger partial charge in [0.15, 0.2) is 0 Å². The van der Waals surface area contributed by atoms with Gasteiger partial charge in [-0.05, 0) is 49.9 Å². The highest BCUT2D eigenvalue weighted by molar-refractivity contribution is 5.26. The van der Waals surface area contributed by atoms with Crippen LogP contribution in [0.2, 0.25) is 0 Å². The van der Waals surface area contributed by atoms with Crippen LogP contribution in [0.3, 0.4) is 0 Å². The first-order valence-corrected chi connectivity index (χ1v) is 7.80. The van der Waals surface area contributed by atoms with Gasteiger partial charge in [-0.25, -0.2) is 4.39 Å². The SMILES string of the molecule is CCCNC1CCCc2c1cnn2Cc1ccc(F)cc1. The van der Waals surface area contributed by atoms with Crippen LogP contribution in [-0.4, -0.2) is 16.3 Å². The van der Waals surface area contributed by atoms with Crippen molar-refractivity contribution in [1.82, 2.24) is 15.1 Å². The smallest absolute Gasteiger partial charge is 0.123 e. The minimum Gasteiger partial charge on any atom is -0.310 e. The first-order valence-electron chi connectivity index (χ1n) is 7.80. The third-order valence-electron chi connectivity index (χ3n) is 4.15. The number of fused-ring (bicyclic) bond motifs is 1. The van der Waals surface area contributed by atoms with Crippen LogP contribution in [0, 0.1) is 5.82 Å². The quantitative estimate of drug-likeness (QED) is 0.913. The molecule has 1 aliphatic carbocycles. The van der Waals surface area contributed by atoms with Crippen LogP contribution in [-0.2, 0) is 13.0 Å². The van der Waals surface area contributed by atoms with E-state index < -0.39 is 0 Å². The average molecular weight is 287 g/mol. The first kappa shape index (κ1) is 14.3. The molecule has 21 heavy (non-hydrogen) atoms. The Labute approximate surface area is 125 Å². The van der Waals surface area contributed by atoms with Crippen molar-refractivity contribution in [3.05, 3.63) is 53.1 Å². The molecule has 0 amide bonds. The molecule has 1 atom stereocenters. The Hall–Kier alpha value is -1.68. The maximum atomic E-state index is 13.0. The number of hydrogen-bond donors (Lipinski definition) is 1. The molecule has 1 heterocycles. The second-order valence-corrected chi connectivity index (χ2v) is 5.73. The summed E-state index contributed by atoms with van der Waals surface area (Å²) in [7, 11) is 0. The Morgan fingerprint density at radius 3 is 2.90 bits per heavy atom. The molecule has 0 saturated carbocycles. The van der Waals surface area contributed by atoms with E-state index in [0.29, 0.717) is 6.04 Å². The van der Waals surface area contributed by atoms with Crippen LogP contribution < -0.4 is 5.32 Å². The summed E-state index contributed by atoms with van der Waals surface area (Å²) in [6.07, 6.45) is 6.63. The van der Waals surface area contributed by atoms with Gasteiger partial charge in [-0.1, -0.05) is 19.1 Å². The fourth-order valence-electron chi connectivity index (χ4n) is 3.05. The summed E-state index contributed by atoms with van der Waals surface area (Å²) < 4.78 is 15.0. The lowest BCUT2D eigenvalue weighted by atomic mass is 9.93. The molecule has 0 saturated heterocycles. The first-order chi connectivity index (χ1) is 10.3. The summed E-state index contributed by atoms with van der Waals surface area (Å²) >= 11 is 0. The standard InChI is InChI=1S/C17H22FN3/c1-2-10-19-16-4-3-5-17-15(16)11-20-21(17)12-13-6-8-14(18)9-7-13/h6-9,11,16,19H,2-5,10,12H2,1H3. The minimum atomic E-state index is -0.190. The fourth-order valence-corrected chi connectivity index (χ4v) is 3.05. The Morgan fingerprint density at radius 2 is 2.14 bits per heavy atom. The largest absolute Gasteiger partial charge is 0.310 e. The van der Waals surface area contributed by atoms with E-state index in [1.165, 1.54) is 36.2 Å². The molecule has 4 heteroatoms. The summed E-state index contributed by atoms with van der Waals surface area (Å²) in [5.41, 5.74) is 3.77. The molecule has 1 unspecified atom stereocenters. The number of rotatable bonds is 5. The average Bonchev–Trinajstić information content (AvgIpc) is 2.91. The van der Waals surface area contributed by atoms with Crippen molar-refractivity contribution >= 4 is 0 Å². The van der Waals surface area contributed by atoms with Crippen molar-refractivity contribution in [2.75, 3.05) is 6.54 Å². The monoisotopic (exact) mass is 287 g/mol. The summed E-state index contributed by atoms with van der Waals surface area (Å²) in [4.78, 5) is 0. The van der Waals surface area contributed by atoms with Gasteiger partial charge in [0.1, 0.15) is 5.82 Å². The zero-order chi connectivity index (χ0) is 14.7. The molecular formula is C17H22FN3. The van der Waals surface area contributed by atoms with Crippen LogP contribution in [0.15, 0.2) is 30.5 Å². The molecule has 0 aliphatic heterocycles. The van der Waals surface area contributed by atoms with Gasteiger partial charge >= 0.3 is 0 Å². The van der Waals surface area contributed by atoms with E-state index in [9.17, 15) is 4.39 Å². The number of halogens is 1. The van der Waals surface area contributed by atoms with E-state index in [1.807, 2.05) is 18.3 Å². The van der Waals surface area contributed by atoms with Crippen molar-refractivity contribution < 1.29 is 4.39 Å². The van der Waals surface area contributed by atoms with Gasteiger partial charge in [0.2, 0.25) is 0 Å². The van der Waals surface area contributed by atoms with E-state index in [-0.39, 0.29) is 5.82 Å². The molecule has 1 aliphatic rings. The normalized spacial score (nSPS) is 17.7. The molecule has 1 aromatic carbocycles. The summed E-state index contributed by atoms with van der Waals surface area (Å²) in [6, 6.07) is 7.13. The molecule has 3 nitrogen and oxygen atoms in total. The number of benzene rings is 1. The van der Waals surface area contributed by atoms with Gasteiger partial charge in [-0.3, -0.25) is 4.68 Å². The Kier molecular flexibility index (Phi) is 4.34. The van der Waals surface area contributed by atoms with Crippen LogP contribution in [0.1, 0.15) is 49.0 Å². The molecule has 1 N–H and O–H groups in total. The number of aromatic nitrogens is 2. The predicted octanol–water partition coefficient (Wildman–Crippen LogP) is 3.45. The zero-order valence-electron chi connectivity index (χ0n) is 12.5. The maximum Gasteiger partial charge on any atom is 0.123 e. The number of nitrogens with one attached hydrogen (secondary N) is 1. The van der Waals surface area contributed by atoms with Crippen molar-refractivity contribution in [1.29, 1.82) is 0 Å². The molecule has 112 valence electrons. The maximum absolute atomic E-state index is 13.0. The van der Waals surface area contributed by atoms with Crippen molar-refractivity contribution in [2.45, 2.75) is 45.2 Å². The Bertz CT molecular complexity index is 589. The third-order valence-corrected chi connectivity index (χ3v) is 4.15. The number of hydrogen-bond acceptors (Lipinski definition) is 2. The Balaban J connectivity index is 1.78. The van der Waals surface area contributed by atoms with E-state index >= 15 is 0 Å². The summed E-state index contributed by atoms with van der Waals surface area (Å²) in [5.74, 6) is -0.190. The molecule has 2 aromatic rings. The topological polar surface area (TPSA) is 29.9 Å². The Morgan fingerprint density at radius 1 is 1.33 bits per heavy atom. The predicted molar refractivity (Wildman–Crippen MR) is 81.7 cm³/mol. The molecule has 3 rings (SSSR count). The lowest BCUT2D eigenvalue weighted by molar-refractivity contribution is 0.450. The van der Waals surface area contributed by atoms with Gasteiger partial charge in [-0.2, -0.15) is 5.10 Å². The molecule has 1 aromatic heterocycles. The number of nitrogens with zero attached hydrogens (tertiary/aromatic N) is 2. The van der Waals surface area contributed by atoms with Crippen LogP contribution >= 0.6 is 0 Å². The molecule has 0 spiro atoms.